The Morgan fingerprint density at radius 3 is 2.88 bits per heavy atom. The van der Waals surface area contributed by atoms with Crippen LogP contribution in [0.1, 0.15) is 35.5 Å². The van der Waals surface area contributed by atoms with Crippen LogP contribution >= 0.6 is 0 Å². The van der Waals surface area contributed by atoms with Gasteiger partial charge in [-0.3, -0.25) is 9.63 Å². The van der Waals surface area contributed by atoms with Crippen molar-refractivity contribution in [3.05, 3.63) is 59.7 Å². The van der Waals surface area contributed by atoms with Gasteiger partial charge in [-0.05, 0) is 39.0 Å². The molecule has 2 N–H and O–H groups in total. The molecule has 1 unspecified atom stereocenters. The van der Waals surface area contributed by atoms with Gasteiger partial charge in [0.2, 0.25) is 5.95 Å². The summed E-state index contributed by atoms with van der Waals surface area (Å²) in [6, 6.07) is 7.65. The number of aryl methyl sites for hydroxylation is 2. The second kappa shape index (κ2) is 8.64. The van der Waals surface area contributed by atoms with E-state index in [0.29, 0.717) is 30.4 Å². The van der Waals surface area contributed by atoms with Crippen molar-refractivity contribution in [3.63, 3.8) is 0 Å². The van der Waals surface area contributed by atoms with Crippen molar-refractivity contribution in [1.29, 1.82) is 0 Å². The van der Waals surface area contributed by atoms with Crippen LogP contribution in [0.25, 0.3) is 16.7 Å². The molecule has 4 aromatic rings. The van der Waals surface area contributed by atoms with Gasteiger partial charge in [-0.15, -0.1) is 0 Å². The lowest BCUT2D eigenvalue weighted by molar-refractivity contribution is -0.118. The highest BCUT2D eigenvalue weighted by atomic mass is 16.7. The molecule has 1 saturated heterocycles. The number of rotatable bonds is 7. The molecule has 4 heterocycles. The zero-order chi connectivity index (χ0) is 23.9. The van der Waals surface area contributed by atoms with E-state index in [1.165, 1.54) is 0 Å². The van der Waals surface area contributed by atoms with Crippen molar-refractivity contribution in [2.75, 3.05) is 18.5 Å². The Hall–Kier alpha value is -3.60. The van der Waals surface area contributed by atoms with Crippen LogP contribution in [0.15, 0.2) is 42.9 Å². The summed E-state index contributed by atoms with van der Waals surface area (Å²) in [5.41, 5.74) is 3.45. The lowest BCUT2D eigenvalue weighted by Gasteiger charge is -2.15. The van der Waals surface area contributed by atoms with Gasteiger partial charge in [0.15, 0.2) is 12.1 Å². The topological polar surface area (TPSA) is 110 Å². The van der Waals surface area contributed by atoms with Crippen LogP contribution in [-0.2, 0) is 17.9 Å². The fraction of sp³-hybridized carbons (Fsp3) is 0.333. The molecule has 10 heteroatoms. The molecule has 34 heavy (non-hydrogen) atoms. The maximum absolute atomic E-state index is 11.5. The number of fused-ring (bicyclic) bond motifs is 1. The summed E-state index contributed by atoms with van der Waals surface area (Å²) in [4.78, 5) is 26.0. The molecule has 0 spiro atoms. The van der Waals surface area contributed by atoms with Gasteiger partial charge in [0, 0.05) is 58.9 Å². The maximum Gasteiger partial charge on any atom is 0.229 e. The van der Waals surface area contributed by atoms with Gasteiger partial charge in [-0.1, -0.05) is 0 Å². The summed E-state index contributed by atoms with van der Waals surface area (Å²) in [5, 5.41) is 20.6. The molecule has 1 aromatic carbocycles. The summed E-state index contributed by atoms with van der Waals surface area (Å²) in [6.07, 6.45) is 6.32. The number of anilines is 2. The fourth-order valence-electron chi connectivity index (χ4n) is 4.19. The van der Waals surface area contributed by atoms with Crippen LogP contribution in [0.2, 0.25) is 0 Å². The highest BCUT2D eigenvalue weighted by Gasteiger charge is 2.33. The van der Waals surface area contributed by atoms with E-state index >= 15 is 0 Å². The highest BCUT2D eigenvalue weighted by molar-refractivity contribution is 5.99. The normalized spacial score (nSPS) is 18.6. The fourth-order valence-corrected chi connectivity index (χ4v) is 4.19. The van der Waals surface area contributed by atoms with E-state index < -0.39 is 5.60 Å². The first kappa shape index (κ1) is 22.2. The van der Waals surface area contributed by atoms with E-state index in [2.05, 4.69) is 20.4 Å². The first-order chi connectivity index (χ1) is 16.3. The number of hydroxylamine groups is 2. The number of carbonyl (C=O) groups is 1. The Bertz CT molecular complexity index is 1360. The second-order valence-corrected chi connectivity index (χ2v) is 8.84. The third-order valence-corrected chi connectivity index (χ3v) is 5.93. The van der Waals surface area contributed by atoms with E-state index in [0.717, 1.165) is 40.7 Å². The van der Waals surface area contributed by atoms with E-state index in [1.807, 2.05) is 49.0 Å². The van der Waals surface area contributed by atoms with Gasteiger partial charge in [0.1, 0.15) is 5.60 Å². The number of aromatic nitrogens is 5. The Kier molecular flexibility index (Phi) is 5.64. The van der Waals surface area contributed by atoms with Crippen molar-refractivity contribution < 1.29 is 14.7 Å². The number of nitrogens with one attached hydrogen (secondary N) is 1. The molecule has 1 aliphatic rings. The molecular weight excluding hydrogens is 434 g/mol. The largest absolute Gasteiger partial charge is 0.386 e. The molecule has 1 aliphatic heterocycles. The number of benzene rings is 1. The van der Waals surface area contributed by atoms with Crippen LogP contribution in [0, 0.1) is 6.92 Å². The molecule has 3 aromatic heterocycles. The van der Waals surface area contributed by atoms with Crippen LogP contribution in [0.4, 0.5) is 11.6 Å². The van der Waals surface area contributed by atoms with E-state index in [9.17, 15) is 9.90 Å². The minimum atomic E-state index is -0.841. The zero-order valence-corrected chi connectivity index (χ0v) is 19.4. The van der Waals surface area contributed by atoms with Gasteiger partial charge in [0.05, 0.1) is 25.4 Å². The predicted molar refractivity (Wildman–Crippen MR) is 127 cm³/mol. The smallest absolute Gasteiger partial charge is 0.229 e. The molecule has 0 aliphatic carbocycles. The number of hydrogen-bond donors (Lipinski definition) is 2. The van der Waals surface area contributed by atoms with Gasteiger partial charge < -0.3 is 15.0 Å². The average molecular weight is 462 g/mol. The first-order valence-electron chi connectivity index (χ1n) is 11.2. The Labute approximate surface area is 196 Å². The molecule has 1 atom stereocenters. The van der Waals surface area contributed by atoms with Crippen LogP contribution in [-0.4, -0.2) is 59.5 Å². The summed E-state index contributed by atoms with van der Waals surface area (Å²) in [7, 11) is 0. The van der Waals surface area contributed by atoms with Crippen molar-refractivity contribution in [1.82, 2.24) is 29.4 Å². The van der Waals surface area contributed by atoms with Crippen molar-refractivity contribution >= 4 is 28.8 Å². The van der Waals surface area contributed by atoms with Gasteiger partial charge in [-0.25, -0.2) is 9.67 Å². The van der Waals surface area contributed by atoms with Crippen molar-refractivity contribution in [2.24, 2.45) is 0 Å². The van der Waals surface area contributed by atoms with Gasteiger partial charge >= 0.3 is 0 Å². The summed E-state index contributed by atoms with van der Waals surface area (Å²) in [6.45, 7) is 7.77. The Morgan fingerprint density at radius 2 is 2.15 bits per heavy atom. The lowest BCUT2D eigenvalue weighted by atomic mass is 10.1. The molecule has 176 valence electrons. The molecule has 5 rings (SSSR count). The number of aliphatic hydroxyl groups is 1. The lowest BCUT2D eigenvalue weighted by Crippen LogP contribution is -2.31. The predicted octanol–water partition coefficient (Wildman–Crippen LogP) is 3.00. The third-order valence-electron chi connectivity index (χ3n) is 5.93. The van der Waals surface area contributed by atoms with E-state index in [-0.39, 0.29) is 6.61 Å². The minimum Gasteiger partial charge on any atom is -0.386 e. The van der Waals surface area contributed by atoms with Gasteiger partial charge in [-0.2, -0.15) is 15.1 Å². The molecular formula is C24H27N7O3. The zero-order valence-electron chi connectivity index (χ0n) is 19.4. The van der Waals surface area contributed by atoms with Gasteiger partial charge in [0.25, 0.3) is 0 Å². The summed E-state index contributed by atoms with van der Waals surface area (Å²) in [5.74, 6) is 1.04. The summed E-state index contributed by atoms with van der Waals surface area (Å²) >= 11 is 0. The molecule has 0 radical (unpaired) electrons. The quantitative estimate of drug-likeness (QED) is 0.404. The molecule has 0 bridgehead atoms. The number of carbonyl (C=O) groups excluding carboxylic acids is 1. The maximum atomic E-state index is 11.5. The minimum absolute atomic E-state index is 0.282. The molecule has 1 fully saturated rings. The molecule has 0 amide bonds. The molecule has 10 nitrogen and oxygen atoms in total. The standard InChI is InChI=1S/C24H27N7O3/c1-4-29-10-18(13-32)20-9-19(5-6-21(20)29)26-23-25-8-7-22(27-23)31-12-17(16(2)28-31)11-30-14-24(3,33)15-34-30/h5-10,12-13,33H,4,11,14-15H2,1-3H3,(H,25,26,27). The summed E-state index contributed by atoms with van der Waals surface area (Å²) < 4.78 is 3.76. The molecule has 0 saturated carbocycles. The third kappa shape index (κ3) is 4.30. The van der Waals surface area contributed by atoms with Crippen LogP contribution < -0.4 is 5.32 Å². The van der Waals surface area contributed by atoms with Crippen LogP contribution in [0.3, 0.4) is 0 Å². The van der Waals surface area contributed by atoms with E-state index in [4.69, 9.17) is 4.84 Å². The van der Waals surface area contributed by atoms with E-state index in [1.54, 1.807) is 28.9 Å². The number of aldehydes is 1. The van der Waals surface area contributed by atoms with Crippen molar-refractivity contribution in [2.45, 2.75) is 39.5 Å². The van der Waals surface area contributed by atoms with Crippen LogP contribution in [0.5, 0.6) is 0 Å². The first-order valence-corrected chi connectivity index (χ1v) is 11.2. The highest BCUT2D eigenvalue weighted by Crippen LogP contribution is 2.26. The number of hydrogen-bond acceptors (Lipinski definition) is 8. The second-order valence-electron chi connectivity index (χ2n) is 8.84. The average Bonchev–Trinajstić information content (AvgIpc) is 3.48. The van der Waals surface area contributed by atoms with Crippen molar-refractivity contribution in [3.8, 4) is 5.82 Å². The number of β-amino-alcohol motifs (C(OH)–C–C–N with tert-alkyl or cyclic N) is 1. The monoisotopic (exact) mass is 461 g/mol. The SMILES string of the molecule is CCn1cc(C=O)c2cc(Nc3nccc(-n4cc(CN5CC(C)(O)CO5)c(C)n4)n3)ccc21. The Morgan fingerprint density at radius 1 is 1.29 bits per heavy atom. The number of nitrogens with zero attached hydrogens (tertiary/aromatic N) is 6. The Balaban J connectivity index is 1.37.